The van der Waals surface area contributed by atoms with Gasteiger partial charge in [-0.25, -0.2) is 0 Å². The maximum absolute atomic E-state index is 5.34. The number of nitrogens with zero attached hydrogens (tertiary/aromatic N) is 1. The van der Waals surface area contributed by atoms with Crippen LogP contribution in [0.25, 0.3) is 0 Å². The molecule has 1 atom stereocenters. The van der Waals surface area contributed by atoms with Crippen molar-refractivity contribution < 1.29 is 4.74 Å². The van der Waals surface area contributed by atoms with Crippen molar-refractivity contribution in [3.8, 4) is 0 Å². The molecule has 0 aromatic carbocycles. The van der Waals surface area contributed by atoms with E-state index in [4.69, 9.17) is 4.74 Å². The zero-order valence-electron chi connectivity index (χ0n) is 11.0. The summed E-state index contributed by atoms with van der Waals surface area (Å²) >= 11 is 0. The van der Waals surface area contributed by atoms with Gasteiger partial charge in [0.05, 0.1) is 6.61 Å². The van der Waals surface area contributed by atoms with Crippen LogP contribution < -0.4 is 5.32 Å². The summed E-state index contributed by atoms with van der Waals surface area (Å²) in [6.45, 7) is 7.63. The fourth-order valence-electron chi connectivity index (χ4n) is 2.43. The van der Waals surface area contributed by atoms with Crippen LogP contribution in [0.1, 0.15) is 39.0 Å². The molecule has 1 unspecified atom stereocenters. The van der Waals surface area contributed by atoms with Gasteiger partial charge in [-0.2, -0.15) is 0 Å². The number of likely N-dealkylation sites (N-methyl/N-ethyl adjacent to an activating group) is 1. The van der Waals surface area contributed by atoms with Crippen molar-refractivity contribution in [2.45, 2.75) is 45.1 Å². The molecular formula is C13H28N2O. The van der Waals surface area contributed by atoms with Crippen LogP contribution in [-0.4, -0.2) is 50.8 Å². The number of nitrogens with one attached hydrogen (secondary N) is 1. The summed E-state index contributed by atoms with van der Waals surface area (Å²) in [5, 5.41) is 3.44. The molecule has 1 N–H and O–H groups in total. The highest BCUT2D eigenvalue weighted by atomic mass is 16.5. The monoisotopic (exact) mass is 228 g/mol. The highest BCUT2D eigenvalue weighted by molar-refractivity contribution is 4.75. The van der Waals surface area contributed by atoms with Crippen LogP contribution in [0.2, 0.25) is 0 Å². The van der Waals surface area contributed by atoms with E-state index >= 15 is 0 Å². The SMILES string of the molecule is CCNCC(COC)N1CCCCCCC1. The van der Waals surface area contributed by atoms with E-state index in [0.717, 1.165) is 19.7 Å². The molecule has 0 aliphatic carbocycles. The van der Waals surface area contributed by atoms with Crippen LogP contribution >= 0.6 is 0 Å². The van der Waals surface area contributed by atoms with E-state index in [0.29, 0.717) is 6.04 Å². The molecule has 1 aliphatic heterocycles. The van der Waals surface area contributed by atoms with Crippen LogP contribution in [0.4, 0.5) is 0 Å². The lowest BCUT2D eigenvalue weighted by Crippen LogP contribution is -2.46. The second-order valence-corrected chi connectivity index (χ2v) is 4.72. The van der Waals surface area contributed by atoms with Gasteiger partial charge in [-0.05, 0) is 32.5 Å². The molecule has 0 spiro atoms. The number of likely N-dealkylation sites (tertiary alicyclic amines) is 1. The third-order valence-electron chi connectivity index (χ3n) is 3.40. The Kier molecular flexibility index (Phi) is 7.81. The maximum Gasteiger partial charge on any atom is 0.0630 e. The Hall–Kier alpha value is -0.120. The molecule has 3 heteroatoms. The van der Waals surface area contributed by atoms with Crippen molar-refractivity contribution in [3.05, 3.63) is 0 Å². The normalized spacial score (nSPS) is 21.4. The lowest BCUT2D eigenvalue weighted by atomic mass is 10.1. The Balaban J connectivity index is 2.38. The first-order valence-electron chi connectivity index (χ1n) is 6.82. The molecule has 1 saturated heterocycles. The van der Waals surface area contributed by atoms with Crippen LogP contribution in [0.3, 0.4) is 0 Å². The van der Waals surface area contributed by atoms with Crippen LogP contribution in [0.15, 0.2) is 0 Å². The second-order valence-electron chi connectivity index (χ2n) is 4.72. The molecule has 0 radical (unpaired) electrons. The average molecular weight is 228 g/mol. The molecule has 16 heavy (non-hydrogen) atoms. The summed E-state index contributed by atoms with van der Waals surface area (Å²) in [7, 11) is 1.81. The van der Waals surface area contributed by atoms with Crippen molar-refractivity contribution in [1.82, 2.24) is 10.2 Å². The Morgan fingerprint density at radius 2 is 1.75 bits per heavy atom. The molecule has 3 nitrogen and oxygen atoms in total. The topological polar surface area (TPSA) is 24.5 Å². The number of rotatable bonds is 6. The average Bonchev–Trinajstić information content (AvgIpc) is 2.24. The summed E-state index contributed by atoms with van der Waals surface area (Å²) in [5.74, 6) is 0. The van der Waals surface area contributed by atoms with E-state index in [9.17, 15) is 0 Å². The van der Waals surface area contributed by atoms with Crippen LogP contribution in [-0.2, 0) is 4.74 Å². The highest BCUT2D eigenvalue weighted by Crippen LogP contribution is 2.12. The summed E-state index contributed by atoms with van der Waals surface area (Å²) in [5.41, 5.74) is 0. The minimum absolute atomic E-state index is 0.558. The maximum atomic E-state index is 5.34. The predicted molar refractivity (Wildman–Crippen MR) is 68.9 cm³/mol. The number of hydrogen-bond acceptors (Lipinski definition) is 3. The van der Waals surface area contributed by atoms with Gasteiger partial charge in [-0.1, -0.05) is 26.2 Å². The second kappa shape index (κ2) is 8.97. The molecule has 0 amide bonds. The molecule has 0 bridgehead atoms. The van der Waals surface area contributed by atoms with Crippen LogP contribution in [0.5, 0.6) is 0 Å². The van der Waals surface area contributed by atoms with E-state index < -0.39 is 0 Å². The fraction of sp³-hybridized carbons (Fsp3) is 1.00. The lowest BCUT2D eigenvalue weighted by molar-refractivity contribution is 0.0837. The van der Waals surface area contributed by atoms with E-state index in [1.54, 1.807) is 0 Å². The first-order valence-corrected chi connectivity index (χ1v) is 6.82. The van der Waals surface area contributed by atoms with E-state index in [1.807, 2.05) is 7.11 Å². The van der Waals surface area contributed by atoms with Crippen molar-refractivity contribution in [1.29, 1.82) is 0 Å². The van der Waals surface area contributed by atoms with Gasteiger partial charge in [0.15, 0.2) is 0 Å². The van der Waals surface area contributed by atoms with E-state index in [-0.39, 0.29) is 0 Å². The van der Waals surface area contributed by atoms with E-state index in [1.165, 1.54) is 45.2 Å². The standard InChI is InChI=1S/C13H28N2O/c1-3-14-11-13(12-16-2)15-9-7-5-4-6-8-10-15/h13-14H,3-12H2,1-2H3. The lowest BCUT2D eigenvalue weighted by Gasteiger charge is -2.32. The molecule has 1 aliphatic rings. The van der Waals surface area contributed by atoms with Gasteiger partial charge in [0, 0.05) is 19.7 Å². The first-order chi connectivity index (χ1) is 7.88. The predicted octanol–water partition coefficient (Wildman–Crippen LogP) is 1.88. The van der Waals surface area contributed by atoms with Gasteiger partial charge in [0.1, 0.15) is 0 Å². The molecule has 1 rings (SSSR count). The van der Waals surface area contributed by atoms with Gasteiger partial charge >= 0.3 is 0 Å². The Labute approximate surface area is 101 Å². The molecule has 0 saturated carbocycles. The zero-order chi connectivity index (χ0) is 11.6. The Morgan fingerprint density at radius 3 is 2.31 bits per heavy atom. The minimum Gasteiger partial charge on any atom is -0.383 e. The molecule has 1 fully saturated rings. The van der Waals surface area contributed by atoms with Crippen molar-refractivity contribution >= 4 is 0 Å². The fourth-order valence-corrected chi connectivity index (χ4v) is 2.43. The third kappa shape index (κ3) is 5.28. The van der Waals surface area contributed by atoms with Crippen molar-refractivity contribution in [2.24, 2.45) is 0 Å². The minimum atomic E-state index is 0.558. The molecule has 0 aromatic rings. The summed E-state index contributed by atoms with van der Waals surface area (Å²) in [6.07, 6.45) is 6.93. The Bertz CT molecular complexity index is 153. The number of ether oxygens (including phenoxy) is 1. The summed E-state index contributed by atoms with van der Waals surface area (Å²) < 4.78 is 5.34. The summed E-state index contributed by atoms with van der Waals surface area (Å²) in [4.78, 5) is 2.62. The van der Waals surface area contributed by atoms with Gasteiger partial charge < -0.3 is 10.1 Å². The molecule has 96 valence electrons. The van der Waals surface area contributed by atoms with Gasteiger partial charge in [0.2, 0.25) is 0 Å². The highest BCUT2D eigenvalue weighted by Gasteiger charge is 2.18. The number of methoxy groups -OCH3 is 1. The number of hydrogen-bond donors (Lipinski definition) is 1. The van der Waals surface area contributed by atoms with Crippen LogP contribution in [0, 0.1) is 0 Å². The van der Waals surface area contributed by atoms with Gasteiger partial charge in [0.25, 0.3) is 0 Å². The zero-order valence-corrected chi connectivity index (χ0v) is 11.0. The van der Waals surface area contributed by atoms with Gasteiger partial charge in [-0.15, -0.1) is 0 Å². The van der Waals surface area contributed by atoms with Crippen molar-refractivity contribution in [3.63, 3.8) is 0 Å². The Morgan fingerprint density at radius 1 is 1.12 bits per heavy atom. The quantitative estimate of drug-likeness (QED) is 0.751. The van der Waals surface area contributed by atoms with Crippen molar-refractivity contribution in [2.75, 3.05) is 39.9 Å². The summed E-state index contributed by atoms with van der Waals surface area (Å²) in [6, 6.07) is 0.558. The largest absolute Gasteiger partial charge is 0.383 e. The molecular weight excluding hydrogens is 200 g/mol. The van der Waals surface area contributed by atoms with Gasteiger partial charge in [-0.3, -0.25) is 4.90 Å². The molecule has 1 heterocycles. The molecule has 0 aromatic heterocycles. The smallest absolute Gasteiger partial charge is 0.0630 e. The first kappa shape index (κ1) is 13.9. The third-order valence-corrected chi connectivity index (χ3v) is 3.40. The van der Waals surface area contributed by atoms with E-state index in [2.05, 4.69) is 17.1 Å².